The molecule has 6 nitrogen and oxygen atoms in total. The summed E-state index contributed by atoms with van der Waals surface area (Å²) in [6.07, 6.45) is 1.50. The van der Waals surface area contributed by atoms with Gasteiger partial charge < -0.3 is 0 Å². The zero-order chi connectivity index (χ0) is 15.6. The van der Waals surface area contributed by atoms with Crippen LogP contribution in [0.15, 0.2) is 39.0 Å². The molecule has 0 aliphatic carbocycles. The standard InChI is InChI=1S/C13H12Cl2N4O2/c1-18-11(6-12(20)19(2)13(18)21)17-16-7-8-3-4-9(14)10(15)5-8/h3-7,17H,1-2H3/b16-7+. The minimum atomic E-state index is -0.435. The molecule has 110 valence electrons. The summed E-state index contributed by atoms with van der Waals surface area (Å²) in [7, 11) is 2.95. The van der Waals surface area contributed by atoms with Crippen LogP contribution in [0.5, 0.6) is 0 Å². The van der Waals surface area contributed by atoms with Crippen molar-refractivity contribution < 1.29 is 0 Å². The fourth-order valence-electron chi connectivity index (χ4n) is 1.61. The summed E-state index contributed by atoms with van der Waals surface area (Å²) >= 11 is 11.7. The quantitative estimate of drug-likeness (QED) is 0.691. The van der Waals surface area contributed by atoms with Gasteiger partial charge in [-0.15, -0.1) is 0 Å². The maximum absolute atomic E-state index is 11.7. The lowest BCUT2D eigenvalue weighted by Crippen LogP contribution is -2.37. The summed E-state index contributed by atoms with van der Waals surface area (Å²) in [6, 6.07) is 6.33. The largest absolute Gasteiger partial charge is 0.332 e. The number of hydrazone groups is 1. The highest BCUT2D eigenvalue weighted by molar-refractivity contribution is 6.42. The van der Waals surface area contributed by atoms with Crippen molar-refractivity contribution in [1.82, 2.24) is 9.13 Å². The molecule has 0 amide bonds. The van der Waals surface area contributed by atoms with Gasteiger partial charge in [0.1, 0.15) is 5.82 Å². The van der Waals surface area contributed by atoms with E-state index in [4.69, 9.17) is 23.2 Å². The fourth-order valence-corrected chi connectivity index (χ4v) is 1.91. The molecule has 2 rings (SSSR count). The van der Waals surface area contributed by atoms with Crippen molar-refractivity contribution in [2.24, 2.45) is 19.2 Å². The van der Waals surface area contributed by atoms with Gasteiger partial charge in [0.15, 0.2) is 0 Å². The van der Waals surface area contributed by atoms with E-state index in [-0.39, 0.29) is 0 Å². The van der Waals surface area contributed by atoms with Crippen molar-refractivity contribution >= 4 is 35.2 Å². The highest BCUT2D eigenvalue weighted by atomic mass is 35.5. The Morgan fingerprint density at radius 1 is 1.10 bits per heavy atom. The molecule has 0 saturated heterocycles. The molecule has 0 fully saturated rings. The van der Waals surface area contributed by atoms with Gasteiger partial charge in [0.25, 0.3) is 5.56 Å². The fraction of sp³-hybridized carbons (Fsp3) is 0.154. The lowest BCUT2D eigenvalue weighted by molar-refractivity contribution is 0.690. The minimum Gasteiger partial charge on any atom is -0.281 e. The van der Waals surface area contributed by atoms with E-state index >= 15 is 0 Å². The van der Waals surface area contributed by atoms with Crippen LogP contribution in [0, 0.1) is 0 Å². The average Bonchev–Trinajstić information content (AvgIpc) is 2.46. The van der Waals surface area contributed by atoms with Gasteiger partial charge in [-0.05, 0) is 17.7 Å². The summed E-state index contributed by atoms with van der Waals surface area (Å²) in [5, 5.41) is 4.84. The molecule has 0 aliphatic rings. The first-order valence-electron chi connectivity index (χ1n) is 5.91. The van der Waals surface area contributed by atoms with Gasteiger partial charge in [-0.25, -0.2) is 4.79 Å². The number of hydrogen-bond donors (Lipinski definition) is 1. The Labute approximate surface area is 130 Å². The molecule has 1 aromatic carbocycles. The van der Waals surface area contributed by atoms with Gasteiger partial charge in [-0.3, -0.25) is 19.4 Å². The van der Waals surface area contributed by atoms with Crippen molar-refractivity contribution in [3.8, 4) is 0 Å². The van der Waals surface area contributed by atoms with E-state index in [9.17, 15) is 9.59 Å². The third kappa shape index (κ3) is 3.34. The van der Waals surface area contributed by atoms with Crippen LogP contribution < -0.4 is 16.7 Å². The molecule has 0 unspecified atom stereocenters. The van der Waals surface area contributed by atoms with E-state index in [2.05, 4.69) is 10.5 Å². The number of rotatable bonds is 3. The smallest absolute Gasteiger partial charge is 0.281 e. The van der Waals surface area contributed by atoms with Gasteiger partial charge >= 0.3 is 5.69 Å². The summed E-state index contributed by atoms with van der Waals surface area (Å²) in [4.78, 5) is 23.3. The van der Waals surface area contributed by atoms with Crippen LogP contribution in [0.3, 0.4) is 0 Å². The molecule has 2 aromatic rings. The molecule has 0 saturated carbocycles. The Hall–Kier alpha value is -2.05. The second kappa shape index (κ2) is 6.15. The molecule has 0 atom stereocenters. The SMILES string of the molecule is Cn1c(N/N=C/c2ccc(Cl)c(Cl)c2)cc(=O)n(C)c1=O. The van der Waals surface area contributed by atoms with Gasteiger partial charge in [-0.2, -0.15) is 5.10 Å². The highest BCUT2D eigenvalue weighted by Gasteiger charge is 2.04. The number of anilines is 1. The molecular weight excluding hydrogens is 315 g/mol. The number of nitrogens with one attached hydrogen (secondary N) is 1. The maximum atomic E-state index is 11.7. The van der Waals surface area contributed by atoms with Gasteiger partial charge in [-0.1, -0.05) is 29.3 Å². The summed E-state index contributed by atoms with van der Waals surface area (Å²) in [5.74, 6) is 0.291. The van der Waals surface area contributed by atoms with E-state index in [1.807, 2.05) is 0 Å². The number of nitrogens with zero attached hydrogens (tertiary/aromatic N) is 3. The van der Waals surface area contributed by atoms with Crippen LogP contribution in [0.4, 0.5) is 5.82 Å². The van der Waals surface area contributed by atoms with Gasteiger partial charge in [0, 0.05) is 20.2 Å². The third-order valence-corrected chi connectivity index (χ3v) is 3.60. The van der Waals surface area contributed by atoms with Crippen LogP contribution in [-0.4, -0.2) is 15.3 Å². The Kier molecular flexibility index (Phi) is 4.50. The predicted molar refractivity (Wildman–Crippen MR) is 84.6 cm³/mol. The van der Waals surface area contributed by atoms with Crippen LogP contribution in [0.25, 0.3) is 0 Å². The maximum Gasteiger partial charge on any atom is 0.332 e. The topological polar surface area (TPSA) is 68.4 Å². The molecule has 1 N–H and O–H groups in total. The van der Waals surface area contributed by atoms with Crippen LogP contribution in [0.1, 0.15) is 5.56 Å². The molecule has 0 bridgehead atoms. The molecule has 21 heavy (non-hydrogen) atoms. The third-order valence-electron chi connectivity index (χ3n) is 2.86. The van der Waals surface area contributed by atoms with Crippen molar-refractivity contribution in [2.45, 2.75) is 0 Å². The molecule has 0 aliphatic heterocycles. The van der Waals surface area contributed by atoms with E-state index < -0.39 is 11.2 Å². The number of aromatic nitrogens is 2. The second-order valence-electron chi connectivity index (χ2n) is 4.31. The summed E-state index contributed by atoms with van der Waals surface area (Å²) < 4.78 is 2.29. The Morgan fingerprint density at radius 3 is 2.48 bits per heavy atom. The van der Waals surface area contributed by atoms with Crippen molar-refractivity contribution in [2.75, 3.05) is 5.43 Å². The van der Waals surface area contributed by atoms with Crippen molar-refractivity contribution in [1.29, 1.82) is 0 Å². The first-order valence-corrected chi connectivity index (χ1v) is 6.67. The van der Waals surface area contributed by atoms with Gasteiger partial charge in [0.2, 0.25) is 0 Å². The van der Waals surface area contributed by atoms with Crippen molar-refractivity contribution in [3.05, 3.63) is 60.7 Å². The summed E-state index contributed by atoms with van der Waals surface area (Å²) in [5.41, 5.74) is 2.53. The van der Waals surface area contributed by atoms with Crippen molar-refractivity contribution in [3.63, 3.8) is 0 Å². The number of benzene rings is 1. The predicted octanol–water partition coefficient (Wildman–Crippen LogP) is 1.84. The van der Waals surface area contributed by atoms with E-state index in [0.29, 0.717) is 15.9 Å². The molecular formula is C13H12Cl2N4O2. The minimum absolute atomic E-state index is 0.291. The Balaban J connectivity index is 2.24. The van der Waals surface area contributed by atoms with E-state index in [0.717, 1.165) is 10.1 Å². The zero-order valence-corrected chi connectivity index (χ0v) is 12.8. The lowest BCUT2D eigenvalue weighted by atomic mass is 10.2. The first-order chi connectivity index (χ1) is 9.90. The molecule has 1 heterocycles. The second-order valence-corrected chi connectivity index (χ2v) is 5.13. The Morgan fingerprint density at radius 2 is 1.81 bits per heavy atom. The monoisotopic (exact) mass is 326 g/mol. The number of halogens is 2. The molecule has 1 aromatic heterocycles. The number of hydrogen-bond acceptors (Lipinski definition) is 4. The normalized spacial score (nSPS) is 11.0. The highest BCUT2D eigenvalue weighted by Crippen LogP contribution is 2.21. The average molecular weight is 327 g/mol. The van der Waals surface area contributed by atoms with E-state index in [1.54, 1.807) is 25.2 Å². The summed E-state index contributed by atoms with van der Waals surface area (Å²) in [6.45, 7) is 0. The van der Waals surface area contributed by atoms with Gasteiger partial charge in [0.05, 0.1) is 16.3 Å². The van der Waals surface area contributed by atoms with E-state index in [1.165, 1.54) is 23.9 Å². The lowest BCUT2D eigenvalue weighted by Gasteiger charge is -2.07. The van der Waals surface area contributed by atoms with Crippen LogP contribution in [-0.2, 0) is 14.1 Å². The zero-order valence-electron chi connectivity index (χ0n) is 11.3. The molecule has 8 heteroatoms. The molecule has 0 radical (unpaired) electrons. The van der Waals surface area contributed by atoms with Crippen LogP contribution >= 0.6 is 23.2 Å². The Bertz CT molecular complexity index is 824. The molecule has 0 spiro atoms. The van der Waals surface area contributed by atoms with Crippen LogP contribution in [0.2, 0.25) is 10.0 Å². The first kappa shape index (κ1) is 15.3.